The molecule has 1 aliphatic carbocycles. The van der Waals surface area contributed by atoms with Crippen LogP contribution in [0.25, 0.3) is 0 Å². The van der Waals surface area contributed by atoms with Crippen LogP contribution in [0.4, 0.5) is 9.93 Å². The Morgan fingerprint density at radius 1 is 1.38 bits per heavy atom. The molecule has 0 saturated heterocycles. The van der Waals surface area contributed by atoms with Crippen LogP contribution in [0.3, 0.4) is 0 Å². The fourth-order valence-electron chi connectivity index (χ4n) is 2.37. The minimum Gasteiger partial charge on any atom is -0.357 e. The second-order valence-corrected chi connectivity index (χ2v) is 8.17. The summed E-state index contributed by atoms with van der Waals surface area (Å²) in [4.78, 5) is 24.0. The van der Waals surface area contributed by atoms with E-state index >= 15 is 0 Å². The van der Waals surface area contributed by atoms with Crippen LogP contribution in [0.1, 0.15) is 39.0 Å². The molecule has 0 aliphatic heterocycles. The van der Waals surface area contributed by atoms with E-state index in [0.29, 0.717) is 16.0 Å². The summed E-state index contributed by atoms with van der Waals surface area (Å²) in [5.41, 5.74) is 0. The molecule has 0 bridgehead atoms. The predicted octanol–water partition coefficient (Wildman–Crippen LogP) is 2.78. The first-order valence-electron chi connectivity index (χ1n) is 8.04. The lowest BCUT2D eigenvalue weighted by atomic mass is 9.96. The van der Waals surface area contributed by atoms with Gasteiger partial charge < -0.3 is 10.6 Å². The van der Waals surface area contributed by atoms with E-state index in [4.69, 9.17) is 0 Å². The van der Waals surface area contributed by atoms with Crippen molar-refractivity contribution in [2.75, 3.05) is 11.9 Å². The van der Waals surface area contributed by atoms with E-state index in [-0.39, 0.29) is 11.9 Å². The number of carbonyl (C=O) groups is 2. The number of thioether (sulfide) groups is 1. The Morgan fingerprint density at radius 3 is 2.83 bits per heavy atom. The van der Waals surface area contributed by atoms with Crippen LogP contribution < -0.4 is 16.0 Å². The molecule has 1 atom stereocenters. The maximum absolute atomic E-state index is 12.1. The topological polar surface area (TPSA) is 96.0 Å². The largest absolute Gasteiger partial charge is 0.357 e. The monoisotopic (exact) mass is 369 g/mol. The molecule has 1 aromatic heterocycles. The van der Waals surface area contributed by atoms with Gasteiger partial charge in [0.25, 0.3) is 0 Å². The molecule has 1 aromatic rings. The van der Waals surface area contributed by atoms with Crippen molar-refractivity contribution in [3.8, 4) is 0 Å². The van der Waals surface area contributed by atoms with Gasteiger partial charge >= 0.3 is 6.03 Å². The summed E-state index contributed by atoms with van der Waals surface area (Å²) in [5.74, 6) is -0.330. The average molecular weight is 370 g/mol. The van der Waals surface area contributed by atoms with Crippen LogP contribution >= 0.6 is 23.1 Å². The third kappa shape index (κ3) is 6.12. The standard InChI is InChI=1S/C15H23N5O2S2/c1-3-9-16-14-19-20-15(24-14)23-10(2)12(21)18-13(22)17-11-7-5-4-6-8-11/h3,10-11H,1,4-9H2,2H3,(H,16,19)(H2,17,18,21,22)/t10-/m0/s1. The van der Waals surface area contributed by atoms with Crippen molar-refractivity contribution in [3.63, 3.8) is 0 Å². The number of hydrogen-bond donors (Lipinski definition) is 3. The lowest BCUT2D eigenvalue weighted by molar-refractivity contribution is -0.119. The van der Waals surface area contributed by atoms with Crippen molar-refractivity contribution in [1.82, 2.24) is 20.8 Å². The highest BCUT2D eigenvalue weighted by Crippen LogP contribution is 2.28. The third-order valence-electron chi connectivity index (χ3n) is 3.63. The SMILES string of the molecule is C=CCNc1nnc(S[C@@H](C)C(=O)NC(=O)NC2CCCCC2)s1. The van der Waals surface area contributed by atoms with Gasteiger partial charge in [-0.25, -0.2) is 4.79 Å². The van der Waals surface area contributed by atoms with Gasteiger partial charge in [0.15, 0.2) is 4.34 Å². The highest BCUT2D eigenvalue weighted by atomic mass is 32.2. The molecule has 0 unspecified atom stereocenters. The van der Waals surface area contributed by atoms with Crippen molar-refractivity contribution >= 4 is 40.2 Å². The van der Waals surface area contributed by atoms with Crippen LogP contribution in [0.5, 0.6) is 0 Å². The van der Waals surface area contributed by atoms with Crippen molar-refractivity contribution in [2.45, 2.75) is 54.7 Å². The summed E-state index contributed by atoms with van der Waals surface area (Å²) in [6.45, 7) is 5.97. The van der Waals surface area contributed by atoms with Crippen LogP contribution in [0.2, 0.25) is 0 Å². The van der Waals surface area contributed by atoms with Gasteiger partial charge in [-0.15, -0.1) is 16.8 Å². The van der Waals surface area contributed by atoms with Gasteiger partial charge in [0, 0.05) is 12.6 Å². The number of rotatable bonds is 7. The second-order valence-electron chi connectivity index (χ2n) is 5.60. The van der Waals surface area contributed by atoms with Crippen molar-refractivity contribution in [2.24, 2.45) is 0 Å². The van der Waals surface area contributed by atoms with E-state index in [1.807, 2.05) is 0 Å². The summed E-state index contributed by atoms with van der Waals surface area (Å²) >= 11 is 2.65. The molecule has 0 aromatic carbocycles. The van der Waals surface area contributed by atoms with Gasteiger partial charge in [-0.3, -0.25) is 10.1 Å². The number of nitrogens with one attached hydrogen (secondary N) is 3. The molecule has 9 heteroatoms. The Labute approximate surface area is 150 Å². The Balaban J connectivity index is 1.75. The first-order chi connectivity index (χ1) is 11.6. The number of aromatic nitrogens is 2. The Bertz CT molecular complexity index is 572. The molecular weight excluding hydrogens is 346 g/mol. The maximum atomic E-state index is 12.1. The van der Waals surface area contributed by atoms with Gasteiger partial charge in [-0.2, -0.15) is 0 Å². The molecule has 1 aliphatic rings. The number of hydrogen-bond acceptors (Lipinski definition) is 7. The first-order valence-corrected chi connectivity index (χ1v) is 9.74. The fraction of sp³-hybridized carbons (Fsp3) is 0.600. The van der Waals surface area contributed by atoms with E-state index in [9.17, 15) is 9.59 Å². The smallest absolute Gasteiger partial charge is 0.321 e. The average Bonchev–Trinajstić information content (AvgIpc) is 3.01. The highest BCUT2D eigenvalue weighted by molar-refractivity contribution is 8.02. The summed E-state index contributed by atoms with van der Waals surface area (Å²) in [5, 5.41) is 16.6. The quantitative estimate of drug-likeness (QED) is 0.505. The van der Waals surface area contributed by atoms with Crippen molar-refractivity contribution in [1.29, 1.82) is 0 Å². The summed E-state index contributed by atoms with van der Waals surface area (Å²) in [6, 6.07) is -0.235. The molecule has 7 nitrogen and oxygen atoms in total. The van der Waals surface area contributed by atoms with Gasteiger partial charge in [0.2, 0.25) is 11.0 Å². The number of amides is 3. The number of urea groups is 1. The zero-order valence-corrected chi connectivity index (χ0v) is 15.3. The zero-order chi connectivity index (χ0) is 17.4. The Morgan fingerprint density at radius 2 is 2.12 bits per heavy atom. The van der Waals surface area contributed by atoms with Gasteiger partial charge in [0.05, 0.1) is 5.25 Å². The minimum absolute atomic E-state index is 0.177. The van der Waals surface area contributed by atoms with Gasteiger partial charge in [0.1, 0.15) is 0 Å². The molecule has 24 heavy (non-hydrogen) atoms. The van der Waals surface area contributed by atoms with Crippen molar-refractivity contribution < 1.29 is 9.59 Å². The normalized spacial score (nSPS) is 16.2. The second kappa shape index (κ2) is 9.63. The van der Waals surface area contributed by atoms with E-state index < -0.39 is 11.3 Å². The van der Waals surface area contributed by atoms with E-state index in [0.717, 1.165) is 25.7 Å². The molecule has 3 amide bonds. The number of anilines is 1. The number of carbonyl (C=O) groups excluding carboxylic acids is 2. The molecule has 1 fully saturated rings. The van der Waals surface area contributed by atoms with Crippen LogP contribution in [0, 0.1) is 0 Å². The highest BCUT2D eigenvalue weighted by Gasteiger charge is 2.21. The molecular formula is C15H23N5O2S2. The maximum Gasteiger partial charge on any atom is 0.321 e. The fourth-order valence-corrected chi connectivity index (χ4v) is 4.28. The van der Waals surface area contributed by atoms with Gasteiger partial charge in [-0.1, -0.05) is 48.4 Å². The number of imide groups is 1. The Hall–Kier alpha value is -1.61. The van der Waals surface area contributed by atoms with Crippen LogP contribution in [0.15, 0.2) is 17.0 Å². The lowest BCUT2D eigenvalue weighted by Gasteiger charge is -2.22. The van der Waals surface area contributed by atoms with Crippen LogP contribution in [-0.4, -0.2) is 40.0 Å². The molecule has 132 valence electrons. The van der Waals surface area contributed by atoms with E-state index in [1.54, 1.807) is 13.0 Å². The van der Waals surface area contributed by atoms with Crippen molar-refractivity contribution in [3.05, 3.63) is 12.7 Å². The van der Waals surface area contributed by atoms with E-state index in [1.165, 1.54) is 29.5 Å². The third-order valence-corrected chi connectivity index (χ3v) is 5.69. The summed E-state index contributed by atoms with van der Waals surface area (Å²) < 4.78 is 0.678. The molecule has 2 rings (SSSR count). The molecule has 1 heterocycles. The molecule has 0 radical (unpaired) electrons. The lowest BCUT2D eigenvalue weighted by Crippen LogP contribution is -2.47. The zero-order valence-electron chi connectivity index (χ0n) is 13.7. The molecule has 3 N–H and O–H groups in total. The van der Waals surface area contributed by atoms with Gasteiger partial charge in [-0.05, 0) is 19.8 Å². The Kier molecular flexibility index (Phi) is 7.51. The predicted molar refractivity (Wildman–Crippen MR) is 97.5 cm³/mol. The molecule has 1 saturated carbocycles. The molecule has 0 spiro atoms. The van der Waals surface area contributed by atoms with Crippen LogP contribution in [-0.2, 0) is 4.79 Å². The minimum atomic E-state index is -0.428. The summed E-state index contributed by atoms with van der Waals surface area (Å²) in [7, 11) is 0. The summed E-state index contributed by atoms with van der Waals surface area (Å²) in [6.07, 6.45) is 7.18. The van der Waals surface area contributed by atoms with E-state index in [2.05, 4.69) is 32.7 Å². The first kappa shape index (κ1) is 18.7. The number of nitrogens with zero attached hydrogens (tertiary/aromatic N) is 2.